The number of carbonyl (C=O) groups is 1. The standard InChI is InChI=1S/C9H14O2/c10-9(7-3-4-7)8-2-1-5-11-6-8/h7-8H,1-6H2/t8-/m1/s1. The number of rotatable bonds is 2. The number of hydrogen-bond donors (Lipinski definition) is 0. The van der Waals surface area contributed by atoms with Gasteiger partial charge in [0.05, 0.1) is 6.61 Å². The Hall–Kier alpha value is -0.370. The second-order valence-corrected chi connectivity index (χ2v) is 3.59. The van der Waals surface area contributed by atoms with Gasteiger partial charge in [-0.3, -0.25) is 4.79 Å². The first-order valence-electron chi connectivity index (χ1n) is 4.49. The van der Waals surface area contributed by atoms with Crippen molar-refractivity contribution in [2.24, 2.45) is 11.8 Å². The summed E-state index contributed by atoms with van der Waals surface area (Å²) >= 11 is 0. The fourth-order valence-corrected chi connectivity index (χ4v) is 1.67. The summed E-state index contributed by atoms with van der Waals surface area (Å²) in [4.78, 5) is 11.5. The van der Waals surface area contributed by atoms with E-state index in [4.69, 9.17) is 4.74 Å². The van der Waals surface area contributed by atoms with Crippen molar-refractivity contribution in [2.75, 3.05) is 13.2 Å². The molecule has 2 fully saturated rings. The molecule has 1 saturated heterocycles. The van der Waals surface area contributed by atoms with Crippen LogP contribution in [0, 0.1) is 11.8 Å². The van der Waals surface area contributed by atoms with Crippen molar-refractivity contribution >= 4 is 5.78 Å². The zero-order chi connectivity index (χ0) is 7.68. The molecule has 0 spiro atoms. The van der Waals surface area contributed by atoms with Gasteiger partial charge in [0.15, 0.2) is 0 Å². The molecule has 1 atom stereocenters. The fourth-order valence-electron chi connectivity index (χ4n) is 1.67. The Morgan fingerprint density at radius 3 is 2.55 bits per heavy atom. The molecule has 0 bridgehead atoms. The highest BCUT2D eigenvalue weighted by Crippen LogP contribution is 2.34. The summed E-state index contributed by atoms with van der Waals surface area (Å²) in [6, 6.07) is 0. The van der Waals surface area contributed by atoms with Gasteiger partial charge in [-0.25, -0.2) is 0 Å². The average molecular weight is 154 g/mol. The van der Waals surface area contributed by atoms with Crippen LogP contribution in [0.1, 0.15) is 25.7 Å². The van der Waals surface area contributed by atoms with E-state index in [1.54, 1.807) is 0 Å². The van der Waals surface area contributed by atoms with E-state index in [9.17, 15) is 4.79 Å². The summed E-state index contributed by atoms with van der Waals surface area (Å²) < 4.78 is 5.26. The Balaban J connectivity index is 1.86. The van der Waals surface area contributed by atoms with Crippen molar-refractivity contribution < 1.29 is 9.53 Å². The average Bonchev–Trinajstić information content (AvgIpc) is 2.87. The number of hydrogen-bond acceptors (Lipinski definition) is 2. The van der Waals surface area contributed by atoms with Gasteiger partial charge in [-0.1, -0.05) is 0 Å². The monoisotopic (exact) mass is 154 g/mol. The van der Waals surface area contributed by atoms with E-state index >= 15 is 0 Å². The molecular formula is C9H14O2. The second kappa shape index (κ2) is 2.94. The van der Waals surface area contributed by atoms with Gasteiger partial charge < -0.3 is 4.74 Å². The number of ketones is 1. The van der Waals surface area contributed by atoms with Gasteiger partial charge >= 0.3 is 0 Å². The van der Waals surface area contributed by atoms with Gasteiger partial charge in [-0.15, -0.1) is 0 Å². The maximum atomic E-state index is 11.5. The first-order chi connectivity index (χ1) is 5.38. The zero-order valence-electron chi connectivity index (χ0n) is 6.71. The van der Waals surface area contributed by atoms with Crippen molar-refractivity contribution in [3.63, 3.8) is 0 Å². The van der Waals surface area contributed by atoms with E-state index in [0.29, 0.717) is 18.3 Å². The van der Waals surface area contributed by atoms with Gasteiger partial charge in [0.25, 0.3) is 0 Å². The number of Topliss-reactive ketones (excluding diaryl/α,β-unsaturated/α-hetero) is 1. The van der Waals surface area contributed by atoms with E-state index in [0.717, 1.165) is 32.3 Å². The van der Waals surface area contributed by atoms with Crippen molar-refractivity contribution in [2.45, 2.75) is 25.7 Å². The van der Waals surface area contributed by atoms with Crippen LogP contribution in [0.25, 0.3) is 0 Å². The summed E-state index contributed by atoms with van der Waals surface area (Å²) in [5.74, 6) is 1.14. The Morgan fingerprint density at radius 1 is 1.18 bits per heavy atom. The van der Waals surface area contributed by atoms with Crippen LogP contribution in [0.4, 0.5) is 0 Å². The first-order valence-corrected chi connectivity index (χ1v) is 4.49. The second-order valence-electron chi connectivity index (χ2n) is 3.59. The molecule has 0 aromatic rings. The van der Waals surface area contributed by atoms with Crippen LogP contribution in [-0.4, -0.2) is 19.0 Å². The van der Waals surface area contributed by atoms with Gasteiger partial charge in [-0.05, 0) is 25.7 Å². The highest BCUT2D eigenvalue weighted by Gasteiger charge is 2.35. The fraction of sp³-hybridized carbons (Fsp3) is 0.889. The predicted octanol–water partition coefficient (Wildman–Crippen LogP) is 1.39. The summed E-state index contributed by atoms with van der Waals surface area (Å²) in [7, 11) is 0. The molecule has 0 amide bonds. The lowest BCUT2D eigenvalue weighted by molar-refractivity contribution is -0.128. The van der Waals surface area contributed by atoms with Gasteiger partial charge in [0.1, 0.15) is 5.78 Å². The first kappa shape index (κ1) is 7.29. The highest BCUT2D eigenvalue weighted by atomic mass is 16.5. The Bertz CT molecular complexity index is 155. The van der Waals surface area contributed by atoms with Crippen LogP contribution in [-0.2, 0) is 9.53 Å². The van der Waals surface area contributed by atoms with Crippen LogP contribution >= 0.6 is 0 Å². The minimum absolute atomic E-state index is 0.247. The third-order valence-corrected chi connectivity index (χ3v) is 2.54. The van der Waals surface area contributed by atoms with Gasteiger partial charge in [0, 0.05) is 18.4 Å². The molecule has 1 saturated carbocycles. The maximum absolute atomic E-state index is 11.5. The van der Waals surface area contributed by atoms with Crippen molar-refractivity contribution in [1.29, 1.82) is 0 Å². The zero-order valence-corrected chi connectivity index (χ0v) is 6.71. The molecule has 11 heavy (non-hydrogen) atoms. The predicted molar refractivity (Wildman–Crippen MR) is 41.3 cm³/mol. The van der Waals surface area contributed by atoms with E-state index in [1.165, 1.54) is 0 Å². The normalized spacial score (nSPS) is 31.8. The van der Waals surface area contributed by atoms with E-state index in [2.05, 4.69) is 0 Å². The summed E-state index contributed by atoms with van der Waals surface area (Å²) in [5.41, 5.74) is 0. The van der Waals surface area contributed by atoms with E-state index in [1.807, 2.05) is 0 Å². The minimum atomic E-state index is 0.247. The molecule has 0 aromatic carbocycles. The molecule has 2 aliphatic rings. The van der Waals surface area contributed by atoms with E-state index < -0.39 is 0 Å². The largest absolute Gasteiger partial charge is 0.381 e. The van der Waals surface area contributed by atoms with Crippen LogP contribution in [0.5, 0.6) is 0 Å². The minimum Gasteiger partial charge on any atom is -0.381 e. The lowest BCUT2D eigenvalue weighted by atomic mass is 9.95. The van der Waals surface area contributed by atoms with Crippen molar-refractivity contribution in [1.82, 2.24) is 0 Å². The Kier molecular flexibility index (Phi) is 1.95. The molecule has 0 N–H and O–H groups in total. The molecule has 2 heteroatoms. The topological polar surface area (TPSA) is 26.3 Å². The third kappa shape index (κ3) is 1.62. The molecule has 1 heterocycles. The molecule has 62 valence electrons. The molecule has 2 nitrogen and oxygen atoms in total. The van der Waals surface area contributed by atoms with Crippen LogP contribution in [0.15, 0.2) is 0 Å². The summed E-state index contributed by atoms with van der Waals surface area (Å²) in [5, 5.41) is 0. The molecule has 1 aliphatic heterocycles. The van der Waals surface area contributed by atoms with E-state index in [-0.39, 0.29) is 5.92 Å². The quantitative estimate of drug-likeness (QED) is 0.600. The summed E-state index contributed by atoms with van der Waals surface area (Å²) in [6.45, 7) is 1.55. The van der Waals surface area contributed by atoms with Crippen molar-refractivity contribution in [3.05, 3.63) is 0 Å². The Morgan fingerprint density at radius 2 is 2.00 bits per heavy atom. The maximum Gasteiger partial charge on any atom is 0.141 e. The molecule has 0 unspecified atom stereocenters. The molecule has 2 rings (SSSR count). The smallest absolute Gasteiger partial charge is 0.141 e. The van der Waals surface area contributed by atoms with Crippen molar-refractivity contribution in [3.8, 4) is 0 Å². The SMILES string of the molecule is O=C(C1CC1)[C@@H]1CCCOC1. The van der Waals surface area contributed by atoms with Crippen LogP contribution in [0.2, 0.25) is 0 Å². The van der Waals surface area contributed by atoms with Crippen LogP contribution < -0.4 is 0 Å². The molecule has 0 aromatic heterocycles. The summed E-state index contributed by atoms with van der Waals surface area (Å²) in [6.07, 6.45) is 4.41. The molecular weight excluding hydrogens is 140 g/mol. The lowest BCUT2D eigenvalue weighted by Gasteiger charge is -2.20. The lowest BCUT2D eigenvalue weighted by Crippen LogP contribution is -2.26. The number of ether oxygens (including phenoxy) is 1. The third-order valence-electron chi connectivity index (χ3n) is 2.54. The van der Waals surface area contributed by atoms with Gasteiger partial charge in [-0.2, -0.15) is 0 Å². The number of carbonyl (C=O) groups excluding carboxylic acids is 1. The Labute approximate surface area is 66.9 Å². The van der Waals surface area contributed by atoms with Crippen LogP contribution in [0.3, 0.4) is 0 Å². The molecule has 0 radical (unpaired) electrons. The highest BCUT2D eigenvalue weighted by molar-refractivity contribution is 5.85. The molecule has 1 aliphatic carbocycles. The van der Waals surface area contributed by atoms with Gasteiger partial charge in [0.2, 0.25) is 0 Å².